The van der Waals surface area contributed by atoms with Crippen molar-refractivity contribution in [3.05, 3.63) is 30.1 Å². The van der Waals surface area contributed by atoms with E-state index in [0.717, 1.165) is 6.54 Å². The van der Waals surface area contributed by atoms with Gasteiger partial charge >= 0.3 is 6.03 Å². The molecule has 7 nitrogen and oxygen atoms in total. The Morgan fingerprint density at radius 1 is 1.04 bits per heavy atom. The third-order valence-corrected chi connectivity index (χ3v) is 5.71. The van der Waals surface area contributed by atoms with Crippen molar-refractivity contribution in [1.29, 1.82) is 0 Å². The highest BCUT2D eigenvalue weighted by molar-refractivity contribution is 5.91. The van der Waals surface area contributed by atoms with Crippen molar-refractivity contribution in [2.24, 2.45) is 11.8 Å². The van der Waals surface area contributed by atoms with E-state index in [9.17, 15) is 18.8 Å². The number of rotatable bonds is 4. The zero-order valence-electron chi connectivity index (χ0n) is 15.8. The molecule has 0 bridgehead atoms. The van der Waals surface area contributed by atoms with Crippen LogP contribution in [-0.4, -0.2) is 71.8 Å². The molecule has 4 rings (SSSR count). The number of amides is 4. The molecule has 1 atom stereocenters. The Morgan fingerprint density at radius 2 is 1.68 bits per heavy atom. The van der Waals surface area contributed by atoms with Gasteiger partial charge in [0.05, 0.1) is 5.92 Å². The first kappa shape index (κ1) is 18.7. The van der Waals surface area contributed by atoms with Gasteiger partial charge in [-0.05, 0) is 43.0 Å². The van der Waals surface area contributed by atoms with Gasteiger partial charge in [0, 0.05) is 51.4 Å². The van der Waals surface area contributed by atoms with Gasteiger partial charge in [0.25, 0.3) is 0 Å². The molecule has 4 amide bonds. The minimum absolute atomic E-state index is 0.0187. The summed E-state index contributed by atoms with van der Waals surface area (Å²) in [6, 6.07) is 5.35. The number of nitrogens with zero attached hydrogens (tertiary/aromatic N) is 3. The summed E-state index contributed by atoms with van der Waals surface area (Å²) in [6.45, 7) is 3.11. The summed E-state index contributed by atoms with van der Waals surface area (Å²) in [5.41, 5.74) is 0.533. The molecule has 0 spiro atoms. The minimum atomic E-state index is -0.355. The molecule has 1 unspecified atom stereocenters. The van der Waals surface area contributed by atoms with Crippen LogP contribution in [0, 0.1) is 17.7 Å². The zero-order valence-corrected chi connectivity index (χ0v) is 15.8. The lowest BCUT2D eigenvalue weighted by Crippen LogP contribution is -2.53. The van der Waals surface area contributed by atoms with Crippen LogP contribution in [0.15, 0.2) is 24.3 Å². The Morgan fingerprint density at radius 3 is 2.32 bits per heavy atom. The van der Waals surface area contributed by atoms with Crippen LogP contribution in [0.2, 0.25) is 0 Å². The van der Waals surface area contributed by atoms with E-state index < -0.39 is 0 Å². The molecule has 150 valence electrons. The predicted molar refractivity (Wildman–Crippen MR) is 101 cm³/mol. The molecule has 1 aromatic rings. The normalized spacial score (nSPS) is 22.5. The summed E-state index contributed by atoms with van der Waals surface area (Å²) >= 11 is 0. The number of piperazine rings is 1. The molecule has 1 saturated carbocycles. The van der Waals surface area contributed by atoms with Gasteiger partial charge in [-0.15, -0.1) is 0 Å². The van der Waals surface area contributed by atoms with Crippen LogP contribution in [-0.2, 0) is 9.59 Å². The van der Waals surface area contributed by atoms with Crippen LogP contribution in [0.25, 0.3) is 0 Å². The second-order valence-corrected chi connectivity index (χ2v) is 7.89. The fourth-order valence-corrected chi connectivity index (χ4v) is 3.85. The summed E-state index contributed by atoms with van der Waals surface area (Å²) in [7, 11) is 0. The molecular weight excluding hydrogens is 363 g/mol. The van der Waals surface area contributed by atoms with E-state index in [2.05, 4.69) is 5.32 Å². The fourth-order valence-electron chi connectivity index (χ4n) is 3.85. The molecule has 3 aliphatic rings. The lowest BCUT2D eigenvalue weighted by molar-refractivity contribution is -0.137. The quantitative estimate of drug-likeness (QED) is 0.854. The third-order valence-electron chi connectivity index (χ3n) is 5.71. The van der Waals surface area contributed by atoms with E-state index in [1.807, 2.05) is 4.90 Å². The number of nitrogens with one attached hydrogen (secondary N) is 1. The van der Waals surface area contributed by atoms with E-state index in [1.54, 1.807) is 9.80 Å². The van der Waals surface area contributed by atoms with Gasteiger partial charge in [-0.3, -0.25) is 9.59 Å². The Kier molecular flexibility index (Phi) is 5.19. The van der Waals surface area contributed by atoms with Gasteiger partial charge < -0.3 is 20.0 Å². The predicted octanol–water partition coefficient (Wildman–Crippen LogP) is 1.76. The number of urea groups is 1. The van der Waals surface area contributed by atoms with Crippen LogP contribution in [0.3, 0.4) is 0 Å². The number of halogens is 1. The highest BCUT2D eigenvalue weighted by atomic mass is 19.1. The van der Waals surface area contributed by atoms with Crippen molar-refractivity contribution in [3.8, 4) is 0 Å². The molecule has 1 N–H and O–H groups in total. The highest BCUT2D eigenvalue weighted by Crippen LogP contribution is 2.32. The van der Waals surface area contributed by atoms with Crippen LogP contribution < -0.4 is 5.32 Å². The van der Waals surface area contributed by atoms with Gasteiger partial charge in [-0.1, -0.05) is 0 Å². The number of carbonyl (C=O) groups is 3. The van der Waals surface area contributed by atoms with Gasteiger partial charge in [0.15, 0.2) is 0 Å². The first-order valence-electron chi connectivity index (χ1n) is 9.87. The van der Waals surface area contributed by atoms with Crippen LogP contribution >= 0.6 is 0 Å². The van der Waals surface area contributed by atoms with E-state index in [0.29, 0.717) is 50.7 Å². The molecule has 0 aromatic heterocycles. The largest absolute Gasteiger partial charge is 0.342 e. The maximum absolute atomic E-state index is 13.0. The van der Waals surface area contributed by atoms with E-state index in [1.165, 1.54) is 37.1 Å². The van der Waals surface area contributed by atoms with Crippen molar-refractivity contribution >= 4 is 23.5 Å². The summed E-state index contributed by atoms with van der Waals surface area (Å²) in [5.74, 6) is 0.117. The Hall–Kier alpha value is -2.64. The molecule has 2 aliphatic heterocycles. The van der Waals surface area contributed by atoms with Crippen LogP contribution in [0.5, 0.6) is 0 Å². The van der Waals surface area contributed by atoms with Crippen molar-refractivity contribution < 1.29 is 18.8 Å². The number of hydrogen-bond acceptors (Lipinski definition) is 3. The van der Waals surface area contributed by atoms with Gasteiger partial charge in [0.1, 0.15) is 5.82 Å². The monoisotopic (exact) mass is 388 g/mol. The third kappa shape index (κ3) is 4.26. The standard InChI is InChI=1S/C20H25FN4O3/c21-16-3-5-17(6-4-16)22-20(28)24-9-7-23(8-10-24)19(27)15-11-18(26)25(13-15)12-14-1-2-14/h3-6,14-15H,1-2,7-13H2,(H,22,28). The first-order valence-corrected chi connectivity index (χ1v) is 9.87. The topological polar surface area (TPSA) is 73.0 Å². The Balaban J connectivity index is 1.25. The van der Waals surface area contributed by atoms with Crippen molar-refractivity contribution in [2.45, 2.75) is 19.3 Å². The van der Waals surface area contributed by atoms with E-state index in [-0.39, 0.29) is 29.6 Å². The fraction of sp³-hybridized carbons (Fsp3) is 0.550. The Labute approximate surface area is 163 Å². The maximum Gasteiger partial charge on any atom is 0.321 e. The first-order chi connectivity index (χ1) is 13.5. The number of benzene rings is 1. The average Bonchev–Trinajstić information content (AvgIpc) is 3.44. The lowest BCUT2D eigenvalue weighted by atomic mass is 10.1. The number of carbonyl (C=O) groups excluding carboxylic acids is 3. The van der Waals surface area contributed by atoms with Crippen LogP contribution in [0.1, 0.15) is 19.3 Å². The lowest BCUT2D eigenvalue weighted by Gasteiger charge is -2.35. The van der Waals surface area contributed by atoms with E-state index in [4.69, 9.17) is 0 Å². The minimum Gasteiger partial charge on any atom is -0.342 e. The van der Waals surface area contributed by atoms with Crippen LogP contribution in [0.4, 0.5) is 14.9 Å². The summed E-state index contributed by atoms with van der Waals surface area (Å²) in [4.78, 5) is 42.5. The molecule has 2 saturated heterocycles. The molecule has 0 radical (unpaired) electrons. The van der Waals surface area contributed by atoms with Gasteiger partial charge in [-0.2, -0.15) is 0 Å². The number of likely N-dealkylation sites (tertiary alicyclic amines) is 1. The smallest absolute Gasteiger partial charge is 0.321 e. The van der Waals surface area contributed by atoms with E-state index >= 15 is 0 Å². The molecule has 1 aromatic carbocycles. The number of anilines is 1. The van der Waals surface area contributed by atoms with Crippen molar-refractivity contribution in [2.75, 3.05) is 44.6 Å². The molecule has 2 heterocycles. The molecule has 3 fully saturated rings. The SMILES string of the molecule is O=C1CC(C(=O)N2CCN(C(=O)Nc3ccc(F)cc3)CC2)CN1CC1CC1. The second-order valence-electron chi connectivity index (χ2n) is 7.89. The molecule has 8 heteroatoms. The molecule has 1 aliphatic carbocycles. The maximum atomic E-state index is 13.0. The molecule has 28 heavy (non-hydrogen) atoms. The van der Waals surface area contributed by atoms with Gasteiger partial charge in [-0.25, -0.2) is 9.18 Å². The summed E-state index contributed by atoms with van der Waals surface area (Å²) in [5, 5.41) is 2.74. The summed E-state index contributed by atoms with van der Waals surface area (Å²) in [6.07, 6.45) is 2.67. The zero-order chi connectivity index (χ0) is 19.7. The Bertz CT molecular complexity index is 757. The second kappa shape index (κ2) is 7.77. The molecular formula is C20H25FN4O3. The highest BCUT2D eigenvalue weighted by Gasteiger charge is 2.39. The van der Waals surface area contributed by atoms with Gasteiger partial charge in [0.2, 0.25) is 11.8 Å². The van der Waals surface area contributed by atoms with Crippen molar-refractivity contribution in [3.63, 3.8) is 0 Å². The average molecular weight is 388 g/mol. The number of hydrogen-bond donors (Lipinski definition) is 1. The summed E-state index contributed by atoms with van der Waals surface area (Å²) < 4.78 is 13.0. The van der Waals surface area contributed by atoms with Crippen molar-refractivity contribution in [1.82, 2.24) is 14.7 Å².